The molecule has 0 aromatic heterocycles. The van der Waals surface area contributed by atoms with Crippen LogP contribution < -0.4 is 9.47 Å². The Morgan fingerprint density at radius 2 is 1.92 bits per heavy atom. The van der Waals surface area contributed by atoms with E-state index in [9.17, 15) is 9.59 Å². The zero-order chi connectivity index (χ0) is 19.7. The molecule has 0 aliphatic heterocycles. The summed E-state index contributed by atoms with van der Waals surface area (Å²) >= 11 is 3.38. The van der Waals surface area contributed by atoms with Crippen LogP contribution in [0.1, 0.15) is 19.4 Å². The van der Waals surface area contributed by atoms with Crippen molar-refractivity contribution in [1.29, 1.82) is 5.26 Å². The Kier molecular flexibility index (Phi) is 8.65. The summed E-state index contributed by atoms with van der Waals surface area (Å²) in [6, 6.07) is 5.11. The first-order valence-electron chi connectivity index (χ1n) is 7.92. The summed E-state index contributed by atoms with van der Waals surface area (Å²) in [5, 5.41) is 9.15. The molecular formula is C18H21BrN2O5. The molecule has 140 valence electrons. The zero-order valence-electron chi connectivity index (χ0n) is 15.2. The van der Waals surface area contributed by atoms with Crippen LogP contribution in [0.2, 0.25) is 0 Å². The van der Waals surface area contributed by atoms with Crippen molar-refractivity contribution in [2.45, 2.75) is 13.8 Å². The Hall–Kier alpha value is -2.53. The summed E-state index contributed by atoms with van der Waals surface area (Å²) in [5.41, 5.74) is 0.425. The molecule has 0 radical (unpaired) electrons. The number of esters is 1. The molecule has 7 nitrogen and oxygen atoms in total. The summed E-state index contributed by atoms with van der Waals surface area (Å²) < 4.78 is 16.5. The number of halogens is 1. The Morgan fingerprint density at radius 1 is 1.23 bits per heavy atom. The van der Waals surface area contributed by atoms with Gasteiger partial charge in [-0.15, -0.1) is 0 Å². The van der Waals surface area contributed by atoms with Crippen molar-refractivity contribution < 1.29 is 23.8 Å². The average Bonchev–Trinajstić information content (AvgIpc) is 2.58. The lowest BCUT2D eigenvalue weighted by atomic mass is 10.1. The van der Waals surface area contributed by atoms with E-state index in [1.54, 1.807) is 33.2 Å². The number of benzene rings is 1. The molecule has 0 unspecified atom stereocenters. The zero-order valence-corrected chi connectivity index (χ0v) is 16.8. The summed E-state index contributed by atoms with van der Waals surface area (Å²) in [6.07, 6.45) is 1.40. The van der Waals surface area contributed by atoms with Crippen LogP contribution in [0, 0.1) is 11.3 Å². The van der Waals surface area contributed by atoms with Crippen molar-refractivity contribution in [3.8, 4) is 17.6 Å². The van der Waals surface area contributed by atoms with Gasteiger partial charge >= 0.3 is 5.97 Å². The number of likely N-dealkylation sites (N-methyl/N-ethyl adjacent to an activating group) is 1. The van der Waals surface area contributed by atoms with E-state index in [2.05, 4.69) is 15.9 Å². The molecule has 0 saturated carbocycles. The molecule has 1 aromatic rings. The molecular weight excluding hydrogens is 404 g/mol. The number of hydrogen-bond donors (Lipinski definition) is 0. The number of nitriles is 1. The first-order chi connectivity index (χ1) is 12.3. The number of amides is 1. The molecule has 0 saturated heterocycles. The molecule has 1 amide bonds. The molecule has 0 atom stereocenters. The molecule has 1 rings (SSSR count). The van der Waals surface area contributed by atoms with Crippen LogP contribution in [0.15, 0.2) is 22.2 Å². The number of ether oxygens (including phenoxy) is 3. The van der Waals surface area contributed by atoms with Gasteiger partial charge in [0.1, 0.15) is 11.6 Å². The van der Waals surface area contributed by atoms with Crippen LogP contribution in [0.4, 0.5) is 0 Å². The highest BCUT2D eigenvalue weighted by molar-refractivity contribution is 9.10. The fourth-order valence-electron chi connectivity index (χ4n) is 1.85. The van der Waals surface area contributed by atoms with Gasteiger partial charge < -0.3 is 19.1 Å². The Labute approximate surface area is 161 Å². The fraction of sp³-hybridized carbons (Fsp3) is 0.389. The highest BCUT2D eigenvalue weighted by Gasteiger charge is 2.16. The Balaban J connectivity index is 3.20. The van der Waals surface area contributed by atoms with Crippen LogP contribution in [0.5, 0.6) is 11.5 Å². The lowest BCUT2D eigenvalue weighted by molar-refractivity contribution is -0.138. The third-order valence-electron chi connectivity index (χ3n) is 3.10. The lowest BCUT2D eigenvalue weighted by Gasteiger charge is -2.16. The second-order valence-electron chi connectivity index (χ2n) is 5.23. The van der Waals surface area contributed by atoms with Gasteiger partial charge in [0.2, 0.25) is 0 Å². The lowest BCUT2D eigenvalue weighted by Crippen LogP contribution is -2.27. The summed E-state index contributed by atoms with van der Waals surface area (Å²) in [6.45, 7) is 3.88. The maximum absolute atomic E-state index is 11.8. The van der Waals surface area contributed by atoms with Crippen LogP contribution in [0.25, 0.3) is 6.08 Å². The predicted octanol–water partition coefficient (Wildman–Crippen LogP) is 2.78. The molecule has 0 fully saturated rings. The molecule has 26 heavy (non-hydrogen) atoms. The monoisotopic (exact) mass is 424 g/mol. The fourth-order valence-corrected chi connectivity index (χ4v) is 2.42. The summed E-state index contributed by atoms with van der Waals surface area (Å²) in [5.74, 6) is -0.131. The second kappa shape index (κ2) is 10.5. The van der Waals surface area contributed by atoms with Gasteiger partial charge in [-0.05, 0) is 53.5 Å². The van der Waals surface area contributed by atoms with E-state index >= 15 is 0 Å². The van der Waals surface area contributed by atoms with Crippen molar-refractivity contribution in [3.63, 3.8) is 0 Å². The van der Waals surface area contributed by atoms with Crippen LogP contribution in [-0.4, -0.2) is 50.7 Å². The molecule has 8 heteroatoms. The van der Waals surface area contributed by atoms with E-state index in [-0.39, 0.29) is 24.7 Å². The number of rotatable bonds is 8. The minimum absolute atomic E-state index is 0.127. The Morgan fingerprint density at radius 3 is 2.46 bits per heavy atom. The SMILES string of the molecule is CCOC(=O)/C(C#N)=C\c1cc(Br)c(OCC(=O)N(C)C)c(OCC)c1. The maximum atomic E-state index is 11.8. The van der Waals surface area contributed by atoms with Crippen molar-refractivity contribution in [2.75, 3.05) is 33.9 Å². The molecule has 0 N–H and O–H groups in total. The van der Waals surface area contributed by atoms with E-state index in [1.807, 2.05) is 13.0 Å². The van der Waals surface area contributed by atoms with Crippen molar-refractivity contribution in [2.24, 2.45) is 0 Å². The Bertz CT molecular complexity index is 738. The van der Waals surface area contributed by atoms with E-state index in [0.29, 0.717) is 28.1 Å². The van der Waals surface area contributed by atoms with Crippen molar-refractivity contribution in [1.82, 2.24) is 4.90 Å². The van der Waals surface area contributed by atoms with Gasteiger partial charge in [-0.1, -0.05) is 0 Å². The predicted molar refractivity (Wildman–Crippen MR) is 99.7 cm³/mol. The average molecular weight is 425 g/mol. The van der Waals surface area contributed by atoms with Crippen LogP contribution in [0.3, 0.4) is 0 Å². The first-order valence-corrected chi connectivity index (χ1v) is 8.71. The highest BCUT2D eigenvalue weighted by Crippen LogP contribution is 2.37. The van der Waals surface area contributed by atoms with Crippen molar-refractivity contribution >= 4 is 33.9 Å². The number of hydrogen-bond acceptors (Lipinski definition) is 6. The molecule has 0 aliphatic rings. The quantitative estimate of drug-likeness (QED) is 0.362. The standard InChI is InChI=1S/C18H21BrN2O5/c1-5-24-15-9-12(7-13(10-20)18(23)25-6-2)8-14(19)17(15)26-11-16(22)21(3)4/h7-9H,5-6,11H2,1-4H3/b13-7-. The minimum atomic E-state index is -0.694. The largest absolute Gasteiger partial charge is 0.490 e. The second-order valence-corrected chi connectivity index (χ2v) is 6.08. The van der Waals surface area contributed by atoms with E-state index in [1.165, 1.54) is 11.0 Å². The van der Waals surface area contributed by atoms with E-state index in [4.69, 9.17) is 19.5 Å². The maximum Gasteiger partial charge on any atom is 0.348 e. The number of nitrogens with zero attached hydrogens (tertiary/aromatic N) is 2. The molecule has 0 spiro atoms. The van der Waals surface area contributed by atoms with Gasteiger partial charge in [0.05, 0.1) is 17.7 Å². The molecule has 0 bridgehead atoms. The first kappa shape index (κ1) is 21.5. The molecule has 0 aliphatic carbocycles. The minimum Gasteiger partial charge on any atom is -0.490 e. The van der Waals surface area contributed by atoms with Crippen molar-refractivity contribution in [3.05, 3.63) is 27.7 Å². The van der Waals surface area contributed by atoms with Gasteiger partial charge in [0.25, 0.3) is 5.91 Å². The summed E-state index contributed by atoms with van der Waals surface area (Å²) in [7, 11) is 3.27. The molecule has 0 heterocycles. The third kappa shape index (κ3) is 6.08. The third-order valence-corrected chi connectivity index (χ3v) is 3.69. The van der Waals surface area contributed by atoms with Gasteiger partial charge in [-0.2, -0.15) is 5.26 Å². The van der Waals surface area contributed by atoms with Gasteiger partial charge in [0.15, 0.2) is 18.1 Å². The van der Waals surface area contributed by atoms with Gasteiger partial charge in [-0.3, -0.25) is 4.79 Å². The van der Waals surface area contributed by atoms with Crippen LogP contribution in [-0.2, 0) is 14.3 Å². The number of carbonyl (C=O) groups is 2. The van der Waals surface area contributed by atoms with Gasteiger partial charge in [0, 0.05) is 14.1 Å². The molecule has 1 aromatic carbocycles. The van der Waals surface area contributed by atoms with E-state index in [0.717, 1.165) is 0 Å². The number of carbonyl (C=O) groups excluding carboxylic acids is 2. The van der Waals surface area contributed by atoms with Gasteiger partial charge in [-0.25, -0.2) is 4.79 Å². The topological polar surface area (TPSA) is 88.9 Å². The van der Waals surface area contributed by atoms with E-state index < -0.39 is 5.97 Å². The summed E-state index contributed by atoms with van der Waals surface area (Å²) in [4.78, 5) is 24.9. The normalized spacial score (nSPS) is 10.7. The smallest absolute Gasteiger partial charge is 0.348 e. The van der Waals surface area contributed by atoms with Crippen LogP contribution >= 0.6 is 15.9 Å². The highest BCUT2D eigenvalue weighted by atomic mass is 79.9.